The summed E-state index contributed by atoms with van der Waals surface area (Å²) < 4.78 is 19.9. The number of nitrogens with two attached hydrogens (primary N) is 1. The summed E-state index contributed by atoms with van der Waals surface area (Å²) >= 11 is 0. The fourth-order valence-electron chi connectivity index (χ4n) is 3.15. The van der Waals surface area contributed by atoms with E-state index in [-0.39, 0.29) is 31.9 Å². The number of esters is 1. The van der Waals surface area contributed by atoms with Gasteiger partial charge in [-0.2, -0.15) is 0 Å². The van der Waals surface area contributed by atoms with E-state index in [2.05, 4.69) is 26.8 Å². The van der Waals surface area contributed by atoms with Crippen LogP contribution in [0.2, 0.25) is 0 Å². The molecule has 0 spiro atoms. The average Bonchev–Trinajstić information content (AvgIpc) is 2.91. The van der Waals surface area contributed by atoms with E-state index in [9.17, 15) is 9.18 Å². The van der Waals surface area contributed by atoms with Gasteiger partial charge in [0.25, 0.3) is 0 Å². The molecule has 8 nitrogen and oxygen atoms in total. The number of hydrogen-bond donors (Lipinski definition) is 2. The monoisotopic (exact) mass is 416 g/mol. The Kier molecular flexibility index (Phi) is 8.23. The van der Waals surface area contributed by atoms with Gasteiger partial charge in [-0.25, -0.2) is 14.4 Å². The van der Waals surface area contributed by atoms with E-state index in [0.29, 0.717) is 17.1 Å². The molecule has 1 saturated heterocycles. The van der Waals surface area contributed by atoms with Gasteiger partial charge in [0.2, 0.25) is 5.95 Å². The van der Waals surface area contributed by atoms with Gasteiger partial charge >= 0.3 is 5.97 Å². The van der Waals surface area contributed by atoms with Gasteiger partial charge in [0.05, 0.1) is 0 Å². The van der Waals surface area contributed by atoms with Gasteiger partial charge in [0.15, 0.2) is 0 Å². The van der Waals surface area contributed by atoms with E-state index in [0.717, 1.165) is 32.6 Å². The molecule has 162 valence electrons. The third-order valence-corrected chi connectivity index (χ3v) is 4.75. The highest BCUT2D eigenvalue weighted by Gasteiger charge is 2.16. The number of rotatable bonds is 6. The van der Waals surface area contributed by atoms with Crippen LogP contribution < -0.4 is 10.6 Å². The Hall–Kier alpha value is -3.07. The lowest BCUT2D eigenvalue weighted by Crippen LogP contribution is -2.30. The Morgan fingerprint density at radius 1 is 1.23 bits per heavy atom. The molecule has 0 amide bonds. The number of benzene rings is 1. The fourth-order valence-corrected chi connectivity index (χ4v) is 3.15. The van der Waals surface area contributed by atoms with Crippen LogP contribution in [0.15, 0.2) is 30.6 Å². The lowest BCUT2D eigenvalue weighted by atomic mass is 10.1. The van der Waals surface area contributed by atoms with Gasteiger partial charge in [-0.05, 0) is 20.0 Å². The Bertz CT molecular complexity index is 874. The van der Waals surface area contributed by atoms with Gasteiger partial charge in [-0.1, -0.05) is 25.6 Å². The van der Waals surface area contributed by atoms with Crippen molar-refractivity contribution in [1.82, 2.24) is 14.9 Å². The molecule has 0 saturated carbocycles. The van der Waals surface area contributed by atoms with E-state index >= 15 is 0 Å². The van der Waals surface area contributed by atoms with Crippen molar-refractivity contribution in [2.45, 2.75) is 26.9 Å². The number of anilines is 1. The molecule has 0 bridgehead atoms. The zero-order chi connectivity index (χ0) is 20.8. The van der Waals surface area contributed by atoms with E-state index in [1.54, 1.807) is 30.6 Å². The number of aromatic nitrogens is 2. The molecule has 0 radical (unpaired) electrons. The van der Waals surface area contributed by atoms with Crippen LogP contribution in [0.1, 0.15) is 25.8 Å². The largest absolute Gasteiger partial charge is 0.460 e. The normalized spacial score (nSPS) is 14.5. The second-order valence-electron chi connectivity index (χ2n) is 7.06. The first kappa shape index (κ1) is 23.2. The van der Waals surface area contributed by atoms with Gasteiger partial charge in [-0.3, -0.25) is 10.2 Å². The number of nitrogens with one attached hydrogen (secondary N) is 1. The van der Waals surface area contributed by atoms with E-state index in [1.807, 2.05) is 0 Å². The highest BCUT2D eigenvalue weighted by molar-refractivity contribution is 5.94. The van der Waals surface area contributed by atoms with Crippen molar-refractivity contribution in [1.29, 1.82) is 5.41 Å². The lowest BCUT2D eigenvalue weighted by molar-refractivity contribution is -0.143. The minimum absolute atomic E-state index is 0. The number of carbonyl (C=O) groups excluding carboxylic acids is 1. The zero-order valence-corrected chi connectivity index (χ0v) is 16.4. The van der Waals surface area contributed by atoms with E-state index in [4.69, 9.17) is 15.9 Å². The summed E-state index contributed by atoms with van der Waals surface area (Å²) in [5, 5.41) is 7.09. The van der Waals surface area contributed by atoms with Crippen LogP contribution in [0.3, 0.4) is 0 Å². The van der Waals surface area contributed by atoms with Crippen LogP contribution in [-0.2, 0) is 16.1 Å². The number of ether oxygens (including phenoxy) is 1. The predicted molar refractivity (Wildman–Crippen MR) is 115 cm³/mol. The van der Waals surface area contributed by atoms with Crippen molar-refractivity contribution >= 4 is 17.8 Å². The summed E-state index contributed by atoms with van der Waals surface area (Å²) in [6, 6.07) is 4.86. The first-order valence-corrected chi connectivity index (χ1v) is 9.46. The van der Waals surface area contributed by atoms with Gasteiger partial charge in [-0.15, -0.1) is 0 Å². The van der Waals surface area contributed by atoms with Crippen LogP contribution in [-0.4, -0.2) is 59.9 Å². The van der Waals surface area contributed by atoms with Crippen molar-refractivity contribution < 1.29 is 13.9 Å². The summed E-state index contributed by atoms with van der Waals surface area (Å²) in [4.78, 5) is 24.8. The number of likely N-dealkylation sites (N-methyl/N-ethyl adjacent to an activating group) is 1. The van der Waals surface area contributed by atoms with Crippen molar-refractivity contribution in [2.24, 2.45) is 5.73 Å². The first-order valence-electron chi connectivity index (χ1n) is 9.46. The van der Waals surface area contributed by atoms with Crippen molar-refractivity contribution in [3.05, 3.63) is 42.0 Å². The van der Waals surface area contributed by atoms with Crippen molar-refractivity contribution in [2.75, 3.05) is 38.1 Å². The maximum absolute atomic E-state index is 14.9. The number of hydrogen-bond acceptors (Lipinski definition) is 7. The molecule has 1 aromatic carbocycles. The van der Waals surface area contributed by atoms with E-state index in [1.165, 1.54) is 0 Å². The third-order valence-electron chi connectivity index (χ3n) is 4.75. The molecule has 0 atom stereocenters. The van der Waals surface area contributed by atoms with Crippen LogP contribution in [0.25, 0.3) is 11.1 Å². The molecule has 1 fully saturated rings. The molecule has 1 aliphatic heterocycles. The topological polar surface area (TPSA) is 108 Å². The van der Waals surface area contributed by atoms with Gasteiger partial charge < -0.3 is 20.3 Å². The first-order chi connectivity index (χ1) is 13.9. The van der Waals surface area contributed by atoms with Crippen LogP contribution in [0.5, 0.6) is 0 Å². The Morgan fingerprint density at radius 2 is 1.97 bits per heavy atom. The highest BCUT2D eigenvalue weighted by Crippen LogP contribution is 2.25. The molecule has 2 heterocycles. The molecule has 0 aliphatic carbocycles. The molecular weight excluding hydrogens is 387 g/mol. The van der Waals surface area contributed by atoms with Crippen LogP contribution >= 0.6 is 0 Å². The van der Waals surface area contributed by atoms with Crippen molar-refractivity contribution in [3.8, 4) is 11.1 Å². The predicted octanol–water partition coefficient (Wildman–Crippen LogP) is 2.43. The fraction of sp³-hybridized carbons (Fsp3) is 0.429. The smallest absolute Gasteiger partial charge is 0.313 e. The lowest BCUT2D eigenvalue weighted by Gasteiger charge is -2.20. The zero-order valence-electron chi connectivity index (χ0n) is 16.4. The molecule has 3 N–H and O–H groups in total. The number of nitrogens with zero attached hydrogens (tertiary/aromatic N) is 4. The SMILES string of the molecule is C.CN1CCCN(c2ncc(-c3cccc(COC(=O)CC(=N)N)c3F)cn2)CC1. The number of halogens is 1. The molecule has 1 aromatic heterocycles. The minimum Gasteiger partial charge on any atom is -0.460 e. The molecule has 3 rings (SSSR count). The highest BCUT2D eigenvalue weighted by atomic mass is 19.1. The summed E-state index contributed by atoms with van der Waals surface area (Å²) in [6.45, 7) is 3.50. The second-order valence-corrected chi connectivity index (χ2v) is 7.06. The molecule has 30 heavy (non-hydrogen) atoms. The Labute approximate surface area is 176 Å². The minimum atomic E-state index is -0.668. The molecular formula is C21H29FN6O2. The molecule has 9 heteroatoms. The van der Waals surface area contributed by atoms with E-state index < -0.39 is 11.8 Å². The average molecular weight is 417 g/mol. The standard InChI is InChI=1S/C20H25FN6O2.CH4/c1-26-6-3-7-27(9-8-26)20-24-11-15(12-25-20)16-5-2-4-14(19(16)21)13-29-18(28)10-17(22)23;/h2,4-5,11-12H,3,6-10,13H2,1H3,(H3,22,23);1H4. The maximum atomic E-state index is 14.9. The number of carbonyl (C=O) groups is 1. The summed E-state index contributed by atoms with van der Waals surface area (Å²) in [7, 11) is 2.10. The third kappa shape index (κ3) is 5.96. The summed E-state index contributed by atoms with van der Waals surface area (Å²) in [5.41, 5.74) is 6.29. The number of amidine groups is 1. The van der Waals surface area contributed by atoms with Crippen LogP contribution in [0, 0.1) is 11.2 Å². The van der Waals surface area contributed by atoms with Gasteiger partial charge in [0, 0.05) is 48.7 Å². The summed E-state index contributed by atoms with van der Waals surface area (Å²) in [5.74, 6) is -0.815. The molecule has 2 aromatic rings. The summed E-state index contributed by atoms with van der Waals surface area (Å²) in [6.07, 6.45) is 3.95. The van der Waals surface area contributed by atoms with Gasteiger partial charge in [0.1, 0.15) is 24.7 Å². The Morgan fingerprint density at radius 3 is 2.67 bits per heavy atom. The maximum Gasteiger partial charge on any atom is 0.313 e. The quantitative estimate of drug-likeness (QED) is 0.423. The van der Waals surface area contributed by atoms with Crippen molar-refractivity contribution in [3.63, 3.8) is 0 Å². The Balaban J connectivity index is 0.00000320. The molecule has 1 aliphatic rings. The second kappa shape index (κ2) is 10.6. The molecule has 0 unspecified atom stereocenters. The van der Waals surface area contributed by atoms with Crippen LogP contribution in [0.4, 0.5) is 10.3 Å².